The number of ether oxygens (including phenoxy) is 1. The summed E-state index contributed by atoms with van der Waals surface area (Å²) in [5.41, 5.74) is 2.31. The largest absolute Gasteiger partial charge is 0.466 e. The number of esters is 1. The van der Waals surface area contributed by atoms with Crippen molar-refractivity contribution in [3.63, 3.8) is 0 Å². The van der Waals surface area contributed by atoms with E-state index in [1.807, 2.05) is 49.4 Å². The van der Waals surface area contributed by atoms with Gasteiger partial charge in [-0.2, -0.15) is 5.10 Å². The van der Waals surface area contributed by atoms with Crippen LogP contribution in [0.1, 0.15) is 33.1 Å². The molecule has 0 unspecified atom stereocenters. The van der Waals surface area contributed by atoms with Crippen LogP contribution in [0.25, 0.3) is 16.9 Å². The van der Waals surface area contributed by atoms with Crippen LogP contribution in [0.5, 0.6) is 0 Å². The van der Waals surface area contributed by atoms with Crippen molar-refractivity contribution in [2.45, 2.75) is 33.1 Å². The van der Waals surface area contributed by atoms with Crippen LogP contribution in [0.2, 0.25) is 5.02 Å². The highest BCUT2D eigenvalue weighted by Crippen LogP contribution is 2.25. The molecule has 2 amide bonds. The molecule has 0 aliphatic heterocycles. The van der Waals surface area contributed by atoms with Gasteiger partial charge < -0.3 is 15.0 Å². The van der Waals surface area contributed by atoms with Gasteiger partial charge in [-0.25, -0.2) is 4.68 Å². The van der Waals surface area contributed by atoms with Gasteiger partial charge in [-0.3, -0.25) is 14.4 Å². The van der Waals surface area contributed by atoms with E-state index in [0.717, 1.165) is 11.3 Å². The number of hydrogen-bond acceptors (Lipinski definition) is 5. The molecule has 0 saturated carbocycles. The van der Waals surface area contributed by atoms with Crippen molar-refractivity contribution in [2.24, 2.45) is 0 Å². The molecular weight excluding hydrogens is 468 g/mol. The Kier molecular flexibility index (Phi) is 9.43. The van der Waals surface area contributed by atoms with Gasteiger partial charge in [-0.1, -0.05) is 48.9 Å². The molecule has 9 heteroatoms. The molecule has 0 spiro atoms. The summed E-state index contributed by atoms with van der Waals surface area (Å²) in [6.07, 6.45) is 0.657. The lowest BCUT2D eigenvalue weighted by atomic mass is 10.1. The Morgan fingerprint density at radius 2 is 1.74 bits per heavy atom. The number of hydrogen-bond donors (Lipinski definition) is 1. The minimum absolute atomic E-state index is 0.00697. The topological polar surface area (TPSA) is 93.5 Å². The molecular formula is C26H29ClN4O4. The number of carbonyl (C=O) groups excluding carboxylic acids is 3. The summed E-state index contributed by atoms with van der Waals surface area (Å²) < 4.78 is 6.51. The van der Waals surface area contributed by atoms with Gasteiger partial charge in [0, 0.05) is 29.6 Å². The standard InChI is InChI=1S/C26H29ClN4O4/c1-3-16-30(25(33)14-15-26(34)35-4-2)18-24(32)28-23-17-22(19-8-6-5-7-9-19)29-31(23)21-12-10-20(27)11-13-21/h5-13,17H,3-4,14-16,18H2,1-2H3,(H,28,32). The van der Waals surface area contributed by atoms with Crippen LogP contribution in [0.15, 0.2) is 60.7 Å². The zero-order chi connectivity index (χ0) is 25.2. The number of carbonyl (C=O) groups is 3. The number of anilines is 1. The maximum Gasteiger partial charge on any atom is 0.306 e. The van der Waals surface area contributed by atoms with Crippen LogP contribution in [0.3, 0.4) is 0 Å². The van der Waals surface area contributed by atoms with E-state index in [1.54, 1.807) is 29.8 Å². The fourth-order valence-corrected chi connectivity index (χ4v) is 3.64. The summed E-state index contributed by atoms with van der Waals surface area (Å²) in [7, 11) is 0. The number of halogens is 1. The van der Waals surface area contributed by atoms with Crippen LogP contribution >= 0.6 is 11.6 Å². The van der Waals surface area contributed by atoms with E-state index < -0.39 is 5.97 Å². The molecule has 8 nitrogen and oxygen atoms in total. The normalized spacial score (nSPS) is 10.6. The maximum absolute atomic E-state index is 13.0. The van der Waals surface area contributed by atoms with Crippen LogP contribution < -0.4 is 5.32 Å². The Labute approximate surface area is 209 Å². The summed E-state index contributed by atoms with van der Waals surface area (Å²) in [6.45, 7) is 4.17. The summed E-state index contributed by atoms with van der Waals surface area (Å²) in [4.78, 5) is 38.7. The molecule has 35 heavy (non-hydrogen) atoms. The lowest BCUT2D eigenvalue weighted by molar-refractivity contribution is -0.145. The highest BCUT2D eigenvalue weighted by molar-refractivity contribution is 6.30. The van der Waals surface area contributed by atoms with Crippen molar-refractivity contribution < 1.29 is 19.1 Å². The number of rotatable bonds is 11. The first-order valence-corrected chi connectivity index (χ1v) is 11.9. The average molecular weight is 497 g/mol. The minimum atomic E-state index is -0.429. The first kappa shape index (κ1) is 26.0. The molecule has 0 bridgehead atoms. The third kappa shape index (κ3) is 7.42. The van der Waals surface area contributed by atoms with Crippen molar-refractivity contribution in [1.29, 1.82) is 0 Å². The summed E-state index contributed by atoms with van der Waals surface area (Å²) in [5, 5.41) is 8.15. The third-order valence-electron chi connectivity index (χ3n) is 5.15. The summed E-state index contributed by atoms with van der Waals surface area (Å²) >= 11 is 6.04. The Hall–Kier alpha value is -3.65. The number of nitrogens with zero attached hydrogens (tertiary/aromatic N) is 3. The van der Waals surface area contributed by atoms with E-state index in [1.165, 1.54) is 4.90 Å². The van der Waals surface area contributed by atoms with E-state index in [4.69, 9.17) is 16.3 Å². The number of nitrogens with one attached hydrogen (secondary N) is 1. The average Bonchev–Trinajstić information content (AvgIpc) is 3.27. The molecule has 1 N–H and O–H groups in total. The summed E-state index contributed by atoms with van der Waals surface area (Å²) in [6, 6.07) is 18.5. The van der Waals surface area contributed by atoms with Gasteiger partial charge in [0.15, 0.2) is 0 Å². The second kappa shape index (κ2) is 12.7. The molecule has 0 aliphatic rings. The molecule has 3 rings (SSSR count). The van der Waals surface area contributed by atoms with Crippen LogP contribution in [-0.2, 0) is 19.1 Å². The zero-order valence-corrected chi connectivity index (χ0v) is 20.6. The SMILES string of the molecule is CCCN(CC(=O)Nc1cc(-c2ccccc2)nn1-c1ccc(Cl)cc1)C(=O)CCC(=O)OCC. The van der Waals surface area contributed by atoms with Crippen molar-refractivity contribution >= 4 is 35.2 Å². The molecule has 0 saturated heterocycles. The predicted octanol–water partition coefficient (Wildman–Crippen LogP) is 4.71. The lowest BCUT2D eigenvalue weighted by Crippen LogP contribution is -2.39. The fraction of sp³-hybridized carbons (Fsp3) is 0.308. The molecule has 0 atom stereocenters. The summed E-state index contributed by atoms with van der Waals surface area (Å²) in [5.74, 6) is -0.599. The molecule has 1 heterocycles. The van der Waals surface area contributed by atoms with Crippen LogP contribution in [0.4, 0.5) is 5.82 Å². The van der Waals surface area contributed by atoms with Gasteiger partial charge >= 0.3 is 5.97 Å². The first-order chi connectivity index (χ1) is 16.9. The van der Waals surface area contributed by atoms with Crippen LogP contribution in [-0.4, -0.2) is 52.2 Å². The van der Waals surface area contributed by atoms with E-state index >= 15 is 0 Å². The Bertz CT molecular complexity index is 1150. The van der Waals surface area contributed by atoms with E-state index in [9.17, 15) is 14.4 Å². The molecule has 0 radical (unpaired) electrons. The van der Waals surface area contributed by atoms with Crippen molar-refractivity contribution in [1.82, 2.24) is 14.7 Å². The first-order valence-electron chi connectivity index (χ1n) is 11.6. The Balaban J connectivity index is 1.78. The number of aromatic nitrogens is 2. The second-order valence-corrected chi connectivity index (χ2v) is 8.27. The van der Waals surface area contributed by atoms with Crippen molar-refractivity contribution in [2.75, 3.05) is 25.0 Å². The van der Waals surface area contributed by atoms with Crippen LogP contribution in [0, 0.1) is 0 Å². The monoisotopic (exact) mass is 496 g/mol. The van der Waals surface area contributed by atoms with E-state index in [2.05, 4.69) is 10.4 Å². The lowest BCUT2D eigenvalue weighted by Gasteiger charge is -2.21. The molecule has 0 fully saturated rings. The Morgan fingerprint density at radius 3 is 2.40 bits per heavy atom. The van der Waals surface area contributed by atoms with Gasteiger partial charge in [0.05, 0.1) is 31.0 Å². The minimum Gasteiger partial charge on any atom is -0.466 e. The van der Waals surface area contributed by atoms with Gasteiger partial charge in [0.2, 0.25) is 11.8 Å². The van der Waals surface area contributed by atoms with Crippen molar-refractivity contribution in [3.05, 3.63) is 65.7 Å². The predicted molar refractivity (Wildman–Crippen MR) is 135 cm³/mol. The second-order valence-electron chi connectivity index (χ2n) is 7.84. The molecule has 2 aromatic carbocycles. The van der Waals surface area contributed by atoms with Gasteiger partial charge in [-0.15, -0.1) is 0 Å². The molecule has 184 valence electrons. The van der Waals surface area contributed by atoms with Gasteiger partial charge in [0.25, 0.3) is 0 Å². The van der Waals surface area contributed by atoms with Gasteiger partial charge in [0.1, 0.15) is 5.82 Å². The molecule has 3 aromatic rings. The molecule has 1 aromatic heterocycles. The quantitative estimate of drug-likeness (QED) is 0.388. The highest BCUT2D eigenvalue weighted by Gasteiger charge is 2.20. The highest BCUT2D eigenvalue weighted by atomic mass is 35.5. The van der Waals surface area contributed by atoms with E-state index in [0.29, 0.717) is 29.5 Å². The van der Waals surface area contributed by atoms with Gasteiger partial charge in [-0.05, 0) is 37.6 Å². The number of amides is 2. The van der Waals surface area contributed by atoms with Crippen molar-refractivity contribution in [3.8, 4) is 16.9 Å². The smallest absolute Gasteiger partial charge is 0.306 e. The fourth-order valence-electron chi connectivity index (χ4n) is 3.52. The Morgan fingerprint density at radius 1 is 1.03 bits per heavy atom. The maximum atomic E-state index is 13.0. The van der Waals surface area contributed by atoms with E-state index in [-0.39, 0.29) is 37.8 Å². The number of benzene rings is 2. The zero-order valence-electron chi connectivity index (χ0n) is 19.9. The third-order valence-corrected chi connectivity index (χ3v) is 5.40. The molecule has 0 aliphatic carbocycles.